The Bertz CT molecular complexity index is 1320. The number of carbonyl (C=O) groups is 1. The molecule has 0 saturated carbocycles. The summed E-state index contributed by atoms with van der Waals surface area (Å²) in [4.78, 5) is 29.9. The highest BCUT2D eigenvalue weighted by molar-refractivity contribution is 8.12. The first-order chi connectivity index (χ1) is 15.3. The van der Waals surface area contributed by atoms with Gasteiger partial charge in [-0.3, -0.25) is 19.1 Å². The third-order valence-electron chi connectivity index (χ3n) is 4.88. The van der Waals surface area contributed by atoms with Gasteiger partial charge in [-0.15, -0.1) is 0 Å². The van der Waals surface area contributed by atoms with Gasteiger partial charge in [-0.25, -0.2) is 14.6 Å². The molecule has 3 rings (SSSR count). The van der Waals surface area contributed by atoms with Crippen LogP contribution in [0, 0.1) is 21.4 Å². The Morgan fingerprint density at radius 3 is 2.72 bits per heavy atom. The van der Waals surface area contributed by atoms with Crippen LogP contribution in [0.4, 0.5) is 11.5 Å². The first kappa shape index (κ1) is 22.6. The lowest BCUT2D eigenvalue weighted by Crippen LogP contribution is -2.12. The second kappa shape index (κ2) is 9.36. The molecule has 0 radical (unpaired) electrons. The number of nitriles is 1. The maximum absolute atomic E-state index is 12.2. The van der Waals surface area contributed by atoms with Gasteiger partial charge in [-0.2, -0.15) is 10.4 Å². The molecule has 11 nitrogen and oxygen atoms in total. The fourth-order valence-corrected chi connectivity index (χ4v) is 4.10. The van der Waals surface area contributed by atoms with E-state index in [0.29, 0.717) is 22.6 Å². The second-order valence-corrected chi connectivity index (χ2v) is 9.39. The smallest absolute Gasteiger partial charge is 0.319 e. The molecule has 0 aromatic carbocycles. The number of nitro groups is 1. The van der Waals surface area contributed by atoms with Crippen LogP contribution in [-0.2, 0) is 14.3 Å². The van der Waals surface area contributed by atoms with Crippen LogP contribution >= 0.6 is 0 Å². The molecule has 3 heterocycles. The average Bonchev–Trinajstić information content (AvgIpc) is 3.29. The van der Waals surface area contributed by atoms with Gasteiger partial charge in [0, 0.05) is 39.4 Å². The monoisotopic (exact) mass is 453 g/mol. The molecular formula is C20H19N7O4S. The first-order valence-corrected chi connectivity index (χ1v) is 11.2. The Hall–Kier alpha value is -4.11. The van der Waals surface area contributed by atoms with E-state index in [9.17, 15) is 24.4 Å². The van der Waals surface area contributed by atoms with Crippen molar-refractivity contribution in [3.8, 4) is 23.0 Å². The van der Waals surface area contributed by atoms with Crippen LogP contribution in [0.5, 0.6) is 0 Å². The molecule has 2 unspecified atom stereocenters. The number of carbonyl (C=O) groups excluding carboxylic acids is 1. The molecule has 0 bridgehead atoms. The van der Waals surface area contributed by atoms with Gasteiger partial charge in [0.05, 0.1) is 28.7 Å². The summed E-state index contributed by atoms with van der Waals surface area (Å²) in [6.45, 7) is 1.56. The molecule has 32 heavy (non-hydrogen) atoms. The first-order valence-electron chi connectivity index (χ1n) is 9.38. The van der Waals surface area contributed by atoms with E-state index in [4.69, 9.17) is 5.73 Å². The summed E-state index contributed by atoms with van der Waals surface area (Å²) < 4.78 is 13.6. The van der Waals surface area contributed by atoms with E-state index in [2.05, 4.69) is 21.1 Å². The van der Waals surface area contributed by atoms with E-state index in [1.165, 1.54) is 34.7 Å². The highest BCUT2D eigenvalue weighted by atomic mass is 32.2. The molecule has 0 aliphatic carbocycles. The van der Waals surface area contributed by atoms with Gasteiger partial charge in [-0.05, 0) is 36.4 Å². The molecule has 0 aliphatic heterocycles. The summed E-state index contributed by atoms with van der Waals surface area (Å²) in [5, 5.41) is 26.4. The summed E-state index contributed by atoms with van der Waals surface area (Å²) in [5.74, 6) is -0.249. The molecule has 0 saturated heterocycles. The number of nitrogens with zero attached hydrogens (tertiary/aromatic N) is 6. The lowest BCUT2D eigenvalue weighted by molar-refractivity contribution is -0.383. The van der Waals surface area contributed by atoms with E-state index in [1.54, 1.807) is 25.3 Å². The van der Waals surface area contributed by atoms with Crippen LogP contribution in [0.3, 0.4) is 0 Å². The van der Waals surface area contributed by atoms with Crippen molar-refractivity contribution in [3.63, 3.8) is 0 Å². The van der Waals surface area contributed by atoms with Gasteiger partial charge in [0.1, 0.15) is 0 Å². The zero-order chi connectivity index (χ0) is 23.3. The fourth-order valence-electron chi connectivity index (χ4n) is 3.05. The minimum atomic E-state index is -2.72. The van der Waals surface area contributed by atoms with Gasteiger partial charge in [0.2, 0.25) is 5.82 Å². The molecule has 3 aromatic rings. The van der Waals surface area contributed by atoms with Crippen molar-refractivity contribution < 1.29 is 13.9 Å². The summed E-state index contributed by atoms with van der Waals surface area (Å²) in [7, 11) is -2.72. The van der Waals surface area contributed by atoms with Gasteiger partial charge in [0.15, 0.2) is 11.4 Å². The number of nitrogen functional groups attached to an aromatic ring is 1. The van der Waals surface area contributed by atoms with Crippen molar-refractivity contribution in [1.29, 1.82) is 5.26 Å². The predicted octanol–water partition coefficient (Wildman–Crippen LogP) is 2.11. The minimum absolute atomic E-state index is 0.0866. The lowest BCUT2D eigenvalue weighted by atomic mass is 10.00. The van der Waals surface area contributed by atoms with Gasteiger partial charge >= 0.3 is 5.69 Å². The highest BCUT2D eigenvalue weighted by Gasteiger charge is 2.21. The van der Waals surface area contributed by atoms with Crippen molar-refractivity contribution in [2.75, 3.05) is 11.5 Å². The zero-order valence-electron chi connectivity index (χ0n) is 17.0. The summed E-state index contributed by atoms with van der Waals surface area (Å²) in [6, 6.07) is 6.97. The summed E-state index contributed by atoms with van der Waals surface area (Å²) in [6.07, 6.45) is 6.16. The summed E-state index contributed by atoms with van der Waals surface area (Å²) in [5.41, 5.74) is 7.13. The van der Waals surface area contributed by atoms with Crippen molar-refractivity contribution in [2.24, 2.45) is 0 Å². The van der Waals surface area contributed by atoms with Crippen molar-refractivity contribution in [2.45, 2.75) is 19.3 Å². The molecule has 12 heteroatoms. The lowest BCUT2D eigenvalue weighted by Gasteiger charge is -2.10. The number of pyridine rings is 2. The molecule has 0 spiro atoms. The zero-order valence-corrected chi connectivity index (χ0v) is 17.8. The van der Waals surface area contributed by atoms with E-state index in [0.717, 1.165) is 0 Å². The number of aromatic nitrogens is 4. The van der Waals surface area contributed by atoms with Crippen molar-refractivity contribution in [1.82, 2.24) is 19.7 Å². The van der Waals surface area contributed by atoms with Crippen LogP contribution in [0.1, 0.15) is 24.8 Å². The maximum atomic E-state index is 12.2. The summed E-state index contributed by atoms with van der Waals surface area (Å²) >= 11 is 0. The molecule has 0 amide bonds. The topological polar surface area (TPSA) is 171 Å². The molecule has 0 fully saturated rings. The van der Waals surface area contributed by atoms with E-state index in [-0.39, 0.29) is 29.2 Å². The maximum Gasteiger partial charge on any atom is 0.319 e. The highest BCUT2D eigenvalue weighted by Crippen LogP contribution is 2.33. The molecule has 164 valence electrons. The SMILES string of the molecule is CC=S(=O)(C=O)CCC(C#N)c1ccc(-n2cc(-c3ccnc(N)c3[N+](=O)[O-])cn2)nc1. The van der Waals surface area contributed by atoms with Crippen LogP contribution in [0.25, 0.3) is 16.9 Å². The van der Waals surface area contributed by atoms with E-state index < -0.39 is 20.4 Å². The Balaban J connectivity index is 1.84. The van der Waals surface area contributed by atoms with E-state index in [1.807, 2.05) is 0 Å². The fraction of sp³-hybridized carbons (Fsp3) is 0.200. The van der Waals surface area contributed by atoms with Gasteiger partial charge in [0.25, 0.3) is 0 Å². The Morgan fingerprint density at radius 1 is 1.34 bits per heavy atom. The second-order valence-electron chi connectivity index (χ2n) is 6.76. The largest absolute Gasteiger partial charge is 0.378 e. The quantitative estimate of drug-likeness (QED) is 0.232. The molecule has 0 aliphatic rings. The number of anilines is 1. The predicted molar refractivity (Wildman–Crippen MR) is 120 cm³/mol. The van der Waals surface area contributed by atoms with Crippen LogP contribution in [0.15, 0.2) is 43.0 Å². The number of rotatable bonds is 8. The molecule has 2 N–H and O–H groups in total. The third kappa shape index (κ3) is 4.62. The number of nitrogens with two attached hydrogens (primary N) is 1. The minimum Gasteiger partial charge on any atom is -0.378 e. The van der Waals surface area contributed by atoms with Crippen LogP contribution < -0.4 is 5.73 Å². The number of hydrogen-bond donors (Lipinski definition) is 1. The Labute approximate surface area is 183 Å². The van der Waals surface area contributed by atoms with Crippen molar-refractivity contribution >= 4 is 32.0 Å². The van der Waals surface area contributed by atoms with E-state index >= 15 is 0 Å². The normalized spacial score (nSPS) is 13.5. The molecule has 2 atom stereocenters. The number of hydrogen-bond acceptors (Lipinski definition) is 9. The van der Waals surface area contributed by atoms with Crippen LogP contribution in [0.2, 0.25) is 0 Å². The molecule has 3 aromatic heterocycles. The third-order valence-corrected chi connectivity index (χ3v) is 6.88. The molecular weight excluding hydrogens is 434 g/mol. The van der Waals surface area contributed by atoms with Gasteiger partial charge < -0.3 is 5.73 Å². The van der Waals surface area contributed by atoms with Crippen molar-refractivity contribution in [3.05, 3.63) is 58.7 Å². The Kier molecular flexibility index (Phi) is 6.60. The Morgan fingerprint density at radius 2 is 2.12 bits per heavy atom. The van der Waals surface area contributed by atoms with Crippen LogP contribution in [-0.4, -0.2) is 45.6 Å². The average molecular weight is 453 g/mol. The standard InChI is InChI=1S/C20H19N7O4S/c1-2-32(31,13-28)8-6-14(9-21)15-3-4-18(24-10-15)26-12-16(11-25-26)17-5-7-23-20(22)19(17)27(29)30/h2-5,7,10-14H,6,8H2,1H3,(H2,22,23). The van der Waals surface area contributed by atoms with Gasteiger partial charge in [-0.1, -0.05) is 6.07 Å².